The summed E-state index contributed by atoms with van der Waals surface area (Å²) in [4.78, 5) is 15.6. The van der Waals surface area contributed by atoms with E-state index >= 15 is 0 Å². The Labute approximate surface area is 126 Å². The molecule has 0 saturated heterocycles. The number of urea groups is 1. The number of nitrogens with one attached hydrogen (secondary N) is 1. The summed E-state index contributed by atoms with van der Waals surface area (Å²) in [5.74, 6) is 0. The highest BCUT2D eigenvalue weighted by Crippen LogP contribution is 2.20. The number of hydrogen-bond donors (Lipinski definition) is 2. The summed E-state index contributed by atoms with van der Waals surface area (Å²) in [6.07, 6.45) is 1.65. The predicted molar refractivity (Wildman–Crippen MR) is 86.6 cm³/mol. The number of nitrogens with zero attached hydrogens (tertiary/aromatic N) is 2. The van der Waals surface area contributed by atoms with Gasteiger partial charge in [-0.15, -0.1) is 6.58 Å². The van der Waals surface area contributed by atoms with Crippen LogP contribution in [0.5, 0.6) is 0 Å². The van der Waals surface area contributed by atoms with Crippen LogP contribution >= 0.6 is 0 Å². The standard InChI is InChI=1S/C16H25N3O2/c1-5-8-19(9-10-20)16(21)17-12-14-7-6-13(2)11-15(14)18(3)4/h5-7,11,20H,1,8-10,12H2,2-4H3,(H,17,21). The van der Waals surface area contributed by atoms with Gasteiger partial charge in [0.2, 0.25) is 0 Å². The van der Waals surface area contributed by atoms with Crippen LogP contribution < -0.4 is 10.2 Å². The minimum absolute atomic E-state index is 0.0608. The molecule has 0 atom stereocenters. The Morgan fingerprint density at radius 2 is 2.14 bits per heavy atom. The molecule has 0 aliphatic rings. The molecule has 0 fully saturated rings. The Bertz CT molecular complexity index is 486. The van der Waals surface area contributed by atoms with Gasteiger partial charge in [-0.25, -0.2) is 4.79 Å². The molecule has 5 heteroatoms. The molecule has 0 radical (unpaired) electrons. The van der Waals surface area contributed by atoms with E-state index in [1.807, 2.05) is 38.1 Å². The van der Waals surface area contributed by atoms with Gasteiger partial charge in [-0.05, 0) is 24.1 Å². The first-order chi connectivity index (χ1) is 9.99. The van der Waals surface area contributed by atoms with Crippen molar-refractivity contribution in [1.82, 2.24) is 10.2 Å². The van der Waals surface area contributed by atoms with Crippen LogP contribution in [-0.2, 0) is 6.54 Å². The van der Waals surface area contributed by atoms with Gasteiger partial charge in [-0.2, -0.15) is 0 Å². The first-order valence-electron chi connectivity index (χ1n) is 7.01. The fourth-order valence-corrected chi connectivity index (χ4v) is 2.07. The second-order valence-electron chi connectivity index (χ2n) is 5.14. The molecule has 0 aromatic heterocycles. The zero-order valence-corrected chi connectivity index (χ0v) is 13.1. The molecule has 1 aromatic rings. The maximum absolute atomic E-state index is 12.1. The van der Waals surface area contributed by atoms with Crippen LogP contribution in [-0.4, -0.2) is 49.8 Å². The highest BCUT2D eigenvalue weighted by Gasteiger charge is 2.12. The largest absolute Gasteiger partial charge is 0.395 e. The van der Waals surface area contributed by atoms with Gasteiger partial charge in [-0.3, -0.25) is 0 Å². The molecule has 0 aliphatic carbocycles. The normalized spacial score (nSPS) is 10.1. The van der Waals surface area contributed by atoms with E-state index in [2.05, 4.69) is 18.0 Å². The molecule has 0 heterocycles. The van der Waals surface area contributed by atoms with Gasteiger partial charge in [0.1, 0.15) is 0 Å². The summed E-state index contributed by atoms with van der Waals surface area (Å²) < 4.78 is 0. The second-order valence-corrected chi connectivity index (χ2v) is 5.14. The minimum atomic E-state index is -0.200. The number of rotatable bonds is 7. The summed E-state index contributed by atoms with van der Waals surface area (Å²) in [6.45, 7) is 6.77. The molecular weight excluding hydrogens is 266 g/mol. The van der Waals surface area contributed by atoms with Gasteiger partial charge in [0.05, 0.1) is 6.61 Å². The van der Waals surface area contributed by atoms with Crippen molar-refractivity contribution in [2.24, 2.45) is 0 Å². The molecule has 0 spiro atoms. The third kappa shape index (κ3) is 5.11. The van der Waals surface area contributed by atoms with Crippen LogP contribution in [0.15, 0.2) is 30.9 Å². The Morgan fingerprint density at radius 1 is 1.43 bits per heavy atom. The van der Waals surface area contributed by atoms with E-state index in [-0.39, 0.29) is 12.6 Å². The van der Waals surface area contributed by atoms with Crippen molar-refractivity contribution in [2.75, 3.05) is 38.7 Å². The molecule has 1 aromatic carbocycles. The Balaban J connectivity index is 2.74. The first-order valence-corrected chi connectivity index (χ1v) is 7.01. The number of anilines is 1. The third-order valence-electron chi connectivity index (χ3n) is 3.16. The zero-order valence-electron chi connectivity index (χ0n) is 13.1. The molecule has 2 N–H and O–H groups in total. The van der Waals surface area contributed by atoms with Crippen molar-refractivity contribution in [3.63, 3.8) is 0 Å². The van der Waals surface area contributed by atoms with E-state index in [9.17, 15) is 4.79 Å². The fraction of sp³-hybridized carbons (Fsp3) is 0.438. The van der Waals surface area contributed by atoms with E-state index in [4.69, 9.17) is 5.11 Å². The Hall–Kier alpha value is -2.01. The van der Waals surface area contributed by atoms with Crippen molar-refractivity contribution in [3.05, 3.63) is 42.0 Å². The number of carbonyl (C=O) groups is 1. The molecule has 21 heavy (non-hydrogen) atoms. The summed E-state index contributed by atoms with van der Waals surface area (Å²) in [6, 6.07) is 5.95. The van der Waals surface area contributed by atoms with Crippen LogP contribution in [0.1, 0.15) is 11.1 Å². The van der Waals surface area contributed by atoms with E-state index in [1.54, 1.807) is 6.08 Å². The molecule has 116 valence electrons. The summed E-state index contributed by atoms with van der Waals surface area (Å²) in [5.41, 5.74) is 3.33. The summed E-state index contributed by atoms with van der Waals surface area (Å²) in [5, 5.41) is 11.9. The zero-order chi connectivity index (χ0) is 15.8. The van der Waals surface area contributed by atoms with Crippen molar-refractivity contribution in [3.8, 4) is 0 Å². The van der Waals surface area contributed by atoms with Crippen LogP contribution in [0, 0.1) is 6.92 Å². The lowest BCUT2D eigenvalue weighted by Gasteiger charge is -2.22. The quantitative estimate of drug-likeness (QED) is 0.753. The number of carbonyl (C=O) groups excluding carboxylic acids is 1. The van der Waals surface area contributed by atoms with Gasteiger partial charge in [0.15, 0.2) is 0 Å². The van der Waals surface area contributed by atoms with E-state index in [0.29, 0.717) is 19.6 Å². The van der Waals surface area contributed by atoms with E-state index in [0.717, 1.165) is 11.3 Å². The van der Waals surface area contributed by atoms with Crippen LogP contribution in [0.4, 0.5) is 10.5 Å². The lowest BCUT2D eigenvalue weighted by atomic mass is 10.1. The lowest BCUT2D eigenvalue weighted by Crippen LogP contribution is -2.41. The summed E-state index contributed by atoms with van der Waals surface area (Å²) >= 11 is 0. The molecule has 1 rings (SSSR count). The molecule has 5 nitrogen and oxygen atoms in total. The van der Waals surface area contributed by atoms with Crippen LogP contribution in [0.2, 0.25) is 0 Å². The number of aliphatic hydroxyl groups excluding tert-OH is 1. The van der Waals surface area contributed by atoms with Crippen molar-refractivity contribution >= 4 is 11.7 Å². The van der Waals surface area contributed by atoms with Crippen molar-refractivity contribution in [1.29, 1.82) is 0 Å². The number of aryl methyl sites for hydroxylation is 1. The molecule has 0 saturated carbocycles. The monoisotopic (exact) mass is 291 g/mol. The van der Waals surface area contributed by atoms with Gasteiger partial charge in [-0.1, -0.05) is 18.2 Å². The van der Waals surface area contributed by atoms with Gasteiger partial charge in [0.25, 0.3) is 0 Å². The molecular formula is C16H25N3O2. The lowest BCUT2D eigenvalue weighted by molar-refractivity contribution is 0.183. The number of amides is 2. The van der Waals surface area contributed by atoms with Crippen LogP contribution in [0.3, 0.4) is 0 Å². The minimum Gasteiger partial charge on any atom is -0.395 e. The molecule has 0 unspecified atom stereocenters. The maximum Gasteiger partial charge on any atom is 0.318 e. The van der Waals surface area contributed by atoms with E-state index < -0.39 is 0 Å². The highest BCUT2D eigenvalue weighted by atomic mass is 16.3. The molecule has 0 aliphatic heterocycles. The molecule has 2 amide bonds. The Kier molecular flexibility index (Phi) is 6.75. The first kappa shape index (κ1) is 17.0. The average molecular weight is 291 g/mol. The smallest absolute Gasteiger partial charge is 0.318 e. The summed E-state index contributed by atoms with van der Waals surface area (Å²) in [7, 11) is 3.96. The van der Waals surface area contributed by atoms with Gasteiger partial charge in [0, 0.05) is 39.4 Å². The van der Waals surface area contributed by atoms with E-state index in [1.165, 1.54) is 10.5 Å². The predicted octanol–water partition coefficient (Wildman–Crippen LogP) is 1.75. The third-order valence-corrected chi connectivity index (χ3v) is 3.16. The number of aliphatic hydroxyl groups is 1. The average Bonchev–Trinajstić information content (AvgIpc) is 2.45. The fourth-order valence-electron chi connectivity index (χ4n) is 2.07. The topological polar surface area (TPSA) is 55.8 Å². The molecule has 0 bridgehead atoms. The van der Waals surface area contributed by atoms with Crippen molar-refractivity contribution in [2.45, 2.75) is 13.5 Å². The number of benzene rings is 1. The van der Waals surface area contributed by atoms with Crippen molar-refractivity contribution < 1.29 is 9.90 Å². The maximum atomic E-state index is 12.1. The second kappa shape index (κ2) is 8.32. The highest BCUT2D eigenvalue weighted by molar-refractivity contribution is 5.74. The van der Waals surface area contributed by atoms with Gasteiger partial charge < -0.3 is 20.2 Å². The number of hydrogen-bond acceptors (Lipinski definition) is 3. The Morgan fingerprint density at radius 3 is 2.71 bits per heavy atom. The van der Waals surface area contributed by atoms with Gasteiger partial charge >= 0.3 is 6.03 Å². The SMILES string of the molecule is C=CCN(CCO)C(=O)NCc1ccc(C)cc1N(C)C. The van der Waals surface area contributed by atoms with Crippen LogP contribution in [0.25, 0.3) is 0 Å².